The predicted octanol–water partition coefficient (Wildman–Crippen LogP) is 1.35. The quantitative estimate of drug-likeness (QED) is 0.820. The largest absolute Gasteiger partial charge is 0.496 e. The molecule has 0 saturated carbocycles. The molecular formula is C13H15BrN2O3. The van der Waals surface area contributed by atoms with Crippen LogP contribution in [0.3, 0.4) is 0 Å². The molecule has 1 aliphatic heterocycles. The molecule has 2 rings (SSSR count). The van der Waals surface area contributed by atoms with Crippen molar-refractivity contribution in [1.82, 2.24) is 10.6 Å². The van der Waals surface area contributed by atoms with Crippen LogP contribution in [0.2, 0.25) is 0 Å². The van der Waals surface area contributed by atoms with Crippen molar-refractivity contribution in [2.45, 2.75) is 25.4 Å². The Bertz CT molecular complexity index is 505. The number of methoxy groups -OCH3 is 1. The number of amides is 2. The molecule has 0 bridgehead atoms. The maximum Gasteiger partial charge on any atom is 0.243 e. The summed E-state index contributed by atoms with van der Waals surface area (Å²) in [6, 6.07) is 5.37. The fraction of sp³-hybridized carbons (Fsp3) is 0.385. The highest BCUT2D eigenvalue weighted by molar-refractivity contribution is 9.10. The van der Waals surface area contributed by atoms with Gasteiger partial charge in [-0.15, -0.1) is 0 Å². The first-order valence-electron chi connectivity index (χ1n) is 5.99. The third-order valence-electron chi connectivity index (χ3n) is 3.02. The van der Waals surface area contributed by atoms with Gasteiger partial charge in [0.05, 0.1) is 13.2 Å². The van der Waals surface area contributed by atoms with Gasteiger partial charge in [-0.05, 0) is 24.6 Å². The number of rotatable bonds is 4. The smallest absolute Gasteiger partial charge is 0.243 e. The summed E-state index contributed by atoms with van der Waals surface area (Å²) in [6.07, 6.45) is 0.903. The zero-order chi connectivity index (χ0) is 13.8. The van der Waals surface area contributed by atoms with Crippen LogP contribution in [0.15, 0.2) is 22.7 Å². The summed E-state index contributed by atoms with van der Waals surface area (Å²) in [7, 11) is 1.61. The predicted molar refractivity (Wildman–Crippen MR) is 73.7 cm³/mol. The van der Waals surface area contributed by atoms with Crippen molar-refractivity contribution in [1.29, 1.82) is 0 Å². The number of ether oxygens (including phenoxy) is 1. The van der Waals surface area contributed by atoms with Crippen LogP contribution in [0, 0.1) is 0 Å². The first-order valence-corrected chi connectivity index (χ1v) is 6.79. The molecule has 1 saturated heterocycles. The second-order valence-electron chi connectivity index (χ2n) is 4.34. The Morgan fingerprint density at radius 2 is 2.26 bits per heavy atom. The summed E-state index contributed by atoms with van der Waals surface area (Å²) in [5.41, 5.74) is 0.960. The zero-order valence-corrected chi connectivity index (χ0v) is 12.1. The van der Waals surface area contributed by atoms with Crippen LogP contribution in [0.1, 0.15) is 18.4 Å². The fourth-order valence-electron chi connectivity index (χ4n) is 2.01. The second-order valence-corrected chi connectivity index (χ2v) is 5.26. The number of halogens is 1. The Morgan fingerprint density at radius 1 is 1.47 bits per heavy atom. The van der Waals surface area contributed by atoms with Crippen LogP contribution >= 0.6 is 15.9 Å². The summed E-state index contributed by atoms with van der Waals surface area (Å²) in [4.78, 5) is 22.7. The molecule has 0 radical (unpaired) electrons. The SMILES string of the molecule is COc1ccc(Br)cc1CNC1CCC(=O)NC1=O. The van der Waals surface area contributed by atoms with E-state index in [4.69, 9.17) is 4.74 Å². The van der Waals surface area contributed by atoms with E-state index in [0.717, 1.165) is 15.8 Å². The van der Waals surface area contributed by atoms with Gasteiger partial charge in [-0.3, -0.25) is 14.9 Å². The number of hydrogen-bond donors (Lipinski definition) is 2. The lowest BCUT2D eigenvalue weighted by Crippen LogP contribution is -2.50. The molecule has 1 aromatic rings. The number of nitrogens with one attached hydrogen (secondary N) is 2. The van der Waals surface area contributed by atoms with Gasteiger partial charge in [-0.25, -0.2) is 0 Å². The minimum Gasteiger partial charge on any atom is -0.496 e. The van der Waals surface area contributed by atoms with Crippen LogP contribution in [0.5, 0.6) is 5.75 Å². The van der Waals surface area contributed by atoms with Gasteiger partial charge in [-0.2, -0.15) is 0 Å². The molecule has 1 aliphatic rings. The van der Waals surface area contributed by atoms with Gasteiger partial charge in [0, 0.05) is 23.0 Å². The van der Waals surface area contributed by atoms with Crippen molar-refractivity contribution in [2.75, 3.05) is 7.11 Å². The average Bonchev–Trinajstić information content (AvgIpc) is 2.38. The van der Waals surface area contributed by atoms with Crippen molar-refractivity contribution >= 4 is 27.7 Å². The van der Waals surface area contributed by atoms with E-state index < -0.39 is 0 Å². The van der Waals surface area contributed by atoms with E-state index in [9.17, 15) is 9.59 Å². The first kappa shape index (κ1) is 14.0. The average molecular weight is 327 g/mol. The molecule has 19 heavy (non-hydrogen) atoms. The summed E-state index contributed by atoms with van der Waals surface area (Å²) in [5.74, 6) is 0.302. The number of hydrogen-bond acceptors (Lipinski definition) is 4. The molecule has 1 atom stereocenters. The topological polar surface area (TPSA) is 67.4 Å². The van der Waals surface area contributed by atoms with Crippen LogP contribution < -0.4 is 15.4 Å². The Morgan fingerprint density at radius 3 is 2.95 bits per heavy atom. The molecule has 1 unspecified atom stereocenters. The van der Waals surface area contributed by atoms with E-state index in [1.165, 1.54) is 0 Å². The van der Waals surface area contributed by atoms with Gasteiger partial charge >= 0.3 is 0 Å². The Hall–Kier alpha value is -1.40. The molecule has 5 nitrogen and oxygen atoms in total. The lowest BCUT2D eigenvalue weighted by Gasteiger charge is -2.22. The van der Waals surface area contributed by atoms with E-state index in [2.05, 4.69) is 26.6 Å². The van der Waals surface area contributed by atoms with Gasteiger partial charge < -0.3 is 10.1 Å². The molecule has 6 heteroatoms. The summed E-state index contributed by atoms with van der Waals surface area (Å²) < 4.78 is 6.22. The Labute approximate surface area is 119 Å². The number of piperidine rings is 1. The highest BCUT2D eigenvalue weighted by atomic mass is 79.9. The second kappa shape index (κ2) is 6.16. The third kappa shape index (κ3) is 3.54. The highest BCUT2D eigenvalue weighted by Gasteiger charge is 2.26. The van der Waals surface area contributed by atoms with Gasteiger partial charge in [0.15, 0.2) is 0 Å². The lowest BCUT2D eigenvalue weighted by atomic mass is 10.1. The van der Waals surface area contributed by atoms with Gasteiger partial charge in [-0.1, -0.05) is 15.9 Å². The van der Waals surface area contributed by atoms with E-state index in [0.29, 0.717) is 19.4 Å². The number of imide groups is 1. The van der Waals surface area contributed by atoms with Crippen molar-refractivity contribution in [3.8, 4) is 5.75 Å². The number of carbonyl (C=O) groups is 2. The molecular weight excluding hydrogens is 312 g/mol. The van der Waals surface area contributed by atoms with E-state index in [1.54, 1.807) is 7.11 Å². The molecule has 2 N–H and O–H groups in total. The number of benzene rings is 1. The maximum atomic E-state index is 11.6. The molecule has 0 aromatic heterocycles. The molecule has 0 spiro atoms. The van der Waals surface area contributed by atoms with Crippen LogP contribution in [-0.2, 0) is 16.1 Å². The van der Waals surface area contributed by atoms with Crippen LogP contribution in [0.4, 0.5) is 0 Å². The Balaban J connectivity index is 2.00. The molecule has 1 fully saturated rings. The minimum atomic E-state index is -0.332. The Kier molecular flexibility index (Phi) is 4.55. The van der Waals surface area contributed by atoms with Crippen molar-refractivity contribution in [2.24, 2.45) is 0 Å². The van der Waals surface area contributed by atoms with E-state index in [1.807, 2.05) is 18.2 Å². The van der Waals surface area contributed by atoms with E-state index in [-0.39, 0.29) is 17.9 Å². The number of carbonyl (C=O) groups excluding carboxylic acids is 2. The molecule has 1 heterocycles. The van der Waals surface area contributed by atoms with Crippen LogP contribution in [0.25, 0.3) is 0 Å². The monoisotopic (exact) mass is 326 g/mol. The van der Waals surface area contributed by atoms with E-state index >= 15 is 0 Å². The van der Waals surface area contributed by atoms with Crippen LogP contribution in [-0.4, -0.2) is 25.0 Å². The van der Waals surface area contributed by atoms with Gasteiger partial charge in [0.2, 0.25) is 11.8 Å². The molecule has 1 aromatic carbocycles. The minimum absolute atomic E-state index is 0.205. The summed E-state index contributed by atoms with van der Waals surface area (Å²) >= 11 is 3.40. The summed E-state index contributed by atoms with van der Waals surface area (Å²) in [6.45, 7) is 0.509. The normalized spacial score (nSPS) is 19.2. The highest BCUT2D eigenvalue weighted by Crippen LogP contribution is 2.23. The summed E-state index contributed by atoms with van der Waals surface area (Å²) in [5, 5.41) is 5.47. The lowest BCUT2D eigenvalue weighted by molar-refractivity contribution is -0.134. The fourth-order valence-corrected chi connectivity index (χ4v) is 2.42. The van der Waals surface area contributed by atoms with Crippen molar-refractivity contribution in [3.63, 3.8) is 0 Å². The van der Waals surface area contributed by atoms with Gasteiger partial charge in [0.1, 0.15) is 5.75 Å². The van der Waals surface area contributed by atoms with Gasteiger partial charge in [0.25, 0.3) is 0 Å². The standard InChI is InChI=1S/C13H15BrN2O3/c1-19-11-4-2-9(14)6-8(11)7-15-10-3-5-12(17)16-13(10)18/h2,4,6,10,15H,3,5,7H2,1H3,(H,16,17,18). The molecule has 2 amide bonds. The molecule has 102 valence electrons. The third-order valence-corrected chi connectivity index (χ3v) is 3.51. The molecule has 0 aliphatic carbocycles. The maximum absolute atomic E-state index is 11.6. The first-order chi connectivity index (χ1) is 9.10. The van der Waals surface area contributed by atoms with Crippen molar-refractivity contribution < 1.29 is 14.3 Å². The van der Waals surface area contributed by atoms with Crippen molar-refractivity contribution in [3.05, 3.63) is 28.2 Å². The zero-order valence-electron chi connectivity index (χ0n) is 10.5.